The minimum absolute atomic E-state index is 0.0697. The van der Waals surface area contributed by atoms with Crippen LogP contribution in [0.15, 0.2) is 30.4 Å². The van der Waals surface area contributed by atoms with Crippen molar-refractivity contribution in [3.8, 4) is 0 Å². The van der Waals surface area contributed by atoms with Gasteiger partial charge in [-0.25, -0.2) is 0 Å². The predicted molar refractivity (Wildman–Crippen MR) is 78.4 cm³/mol. The molecule has 0 radical (unpaired) electrons. The van der Waals surface area contributed by atoms with Gasteiger partial charge in [0, 0.05) is 16.6 Å². The maximum atomic E-state index is 12.7. The highest BCUT2D eigenvalue weighted by atomic mass is 32.1. The molecule has 112 valence electrons. The second kappa shape index (κ2) is 5.40. The zero-order valence-electron chi connectivity index (χ0n) is 11.2. The molecule has 1 amide bonds. The second-order valence-corrected chi connectivity index (χ2v) is 5.75. The first-order valence-electron chi connectivity index (χ1n) is 6.02. The molecule has 2 rings (SSSR count). The summed E-state index contributed by atoms with van der Waals surface area (Å²) in [6, 6.07) is 3.28. The Morgan fingerprint density at radius 2 is 2.10 bits per heavy atom. The Kier molecular flexibility index (Phi) is 3.95. The van der Waals surface area contributed by atoms with Crippen molar-refractivity contribution in [2.24, 2.45) is 0 Å². The molecule has 0 fully saturated rings. The molecular weight excluding hydrogens is 301 g/mol. The van der Waals surface area contributed by atoms with Crippen LogP contribution in [0.2, 0.25) is 0 Å². The molecule has 3 N–H and O–H groups in total. The molecule has 0 spiro atoms. The average Bonchev–Trinajstić information content (AvgIpc) is 2.72. The number of rotatable bonds is 3. The molecule has 0 aliphatic heterocycles. The summed E-state index contributed by atoms with van der Waals surface area (Å²) < 4.78 is 38.6. The van der Waals surface area contributed by atoms with E-state index in [1.807, 2.05) is 0 Å². The third-order valence-electron chi connectivity index (χ3n) is 2.81. The molecule has 0 saturated carbocycles. The van der Waals surface area contributed by atoms with Crippen molar-refractivity contribution in [1.29, 1.82) is 0 Å². The smallest absolute Gasteiger partial charge is 0.397 e. The van der Waals surface area contributed by atoms with E-state index in [1.165, 1.54) is 6.07 Å². The fourth-order valence-corrected chi connectivity index (χ4v) is 2.79. The summed E-state index contributed by atoms with van der Waals surface area (Å²) in [4.78, 5) is 12.2. The molecule has 3 nitrogen and oxygen atoms in total. The van der Waals surface area contributed by atoms with Crippen molar-refractivity contribution in [2.75, 3.05) is 12.3 Å². The van der Waals surface area contributed by atoms with Crippen molar-refractivity contribution < 1.29 is 18.0 Å². The van der Waals surface area contributed by atoms with E-state index in [1.54, 1.807) is 6.92 Å². The second-order valence-electron chi connectivity index (χ2n) is 4.69. The van der Waals surface area contributed by atoms with Gasteiger partial charge in [-0.15, -0.1) is 11.3 Å². The third kappa shape index (κ3) is 3.18. The molecule has 0 atom stereocenters. The first-order chi connectivity index (χ1) is 9.70. The molecule has 21 heavy (non-hydrogen) atoms. The zero-order chi connectivity index (χ0) is 15.8. The molecule has 0 aliphatic carbocycles. The van der Waals surface area contributed by atoms with Gasteiger partial charge in [0.2, 0.25) is 0 Å². The van der Waals surface area contributed by atoms with E-state index in [0.717, 1.165) is 29.0 Å². The number of nitrogens with one attached hydrogen (secondary N) is 1. The fraction of sp³-hybridized carbons (Fsp3) is 0.214. The van der Waals surface area contributed by atoms with Gasteiger partial charge >= 0.3 is 6.18 Å². The Balaban J connectivity index is 2.42. The maximum absolute atomic E-state index is 12.7. The van der Waals surface area contributed by atoms with E-state index >= 15 is 0 Å². The van der Waals surface area contributed by atoms with Crippen molar-refractivity contribution in [1.82, 2.24) is 5.32 Å². The topological polar surface area (TPSA) is 55.1 Å². The fourth-order valence-electron chi connectivity index (χ4n) is 1.77. The van der Waals surface area contributed by atoms with E-state index < -0.39 is 17.6 Å². The van der Waals surface area contributed by atoms with Gasteiger partial charge in [0.1, 0.15) is 4.88 Å². The SMILES string of the molecule is C=C(C)CNC(=O)c1sc2ccc(C(F)(F)F)cc2c1N. The van der Waals surface area contributed by atoms with Crippen LogP contribution in [0, 0.1) is 0 Å². The van der Waals surface area contributed by atoms with Gasteiger partial charge in [-0.2, -0.15) is 13.2 Å². The molecule has 0 bridgehead atoms. The van der Waals surface area contributed by atoms with Gasteiger partial charge in [0.15, 0.2) is 0 Å². The summed E-state index contributed by atoms with van der Waals surface area (Å²) >= 11 is 1.07. The molecule has 1 heterocycles. The number of carbonyl (C=O) groups is 1. The van der Waals surface area contributed by atoms with Crippen LogP contribution < -0.4 is 11.1 Å². The number of nitrogen functional groups attached to an aromatic ring is 1. The average molecular weight is 314 g/mol. The lowest BCUT2D eigenvalue weighted by atomic mass is 10.1. The standard InChI is InChI=1S/C14H13F3N2OS/c1-7(2)6-19-13(20)12-11(18)9-5-8(14(15,16)17)3-4-10(9)21-12/h3-5H,1,6,18H2,2H3,(H,19,20). The lowest BCUT2D eigenvalue weighted by Gasteiger charge is -2.06. The summed E-state index contributed by atoms with van der Waals surface area (Å²) in [5.41, 5.74) is 5.87. The van der Waals surface area contributed by atoms with Gasteiger partial charge in [-0.3, -0.25) is 4.79 Å². The summed E-state index contributed by atoms with van der Waals surface area (Å²) in [5, 5.41) is 2.86. The van der Waals surface area contributed by atoms with E-state index in [2.05, 4.69) is 11.9 Å². The summed E-state index contributed by atoms with van der Waals surface area (Å²) in [6.07, 6.45) is -4.44. The summed E-state index contributed by atoms with van der Waals surface area (Å²) in [6.45, 7) is 5.70. The van der Waals surface area contributed by atoms with Gasteiger partial charge in [-0.05, 0) is 25.1 Å². The van der Waals surface area contributed by atoms with Gasteiger partial charge in [0.05, 0.1) is 11.3 Å². The van der Waals surface area contributed by atoms with Gasteiger partial charge < -0.3 is 11.1 Å². The van der Waals surface area contributed by atoms with Crippen LogP contribution in [0.4, 0.5) is 18.9 Å². The Labute approximate surface area is 123 Å². The number of fused-ring (bicyclic) bond motifs is 1. The summed E-state index contributed by atoms with van der Waals surface area (Å²) in [7, 11) is 0. The molecule has 1 aromatic heterocycles. The van der Waals surface area contributed by atoms with Crippen molar-refractivity contribution in [2.45, 2.75) is 13.1 Å². The maximum Gasteiger partial charge on any atom is 0.416 e. The van der Waals surface area contributed by atoms with Crippen LogP contribution in [0.5, 0.6) is 0 Å². The van der Waals surface area contributed by atoms with Crippen LogP contribution in [0.3, 0.4) is 0 Å². The molecule has 0 aliphatic rings. The number of thiophene rings is 1. The Hall–Kier alpha value is -2.02. The number of nitrogens with two attached hydrogens (primary N) is 1. The highest BCUT2D eigenvalue weighted by molar-refractivity contribution is 7.21. The number of halogens is 3. The quantitative estimate of drug-likeness (QED) is 0.847. The van der Waals surface area contributed by atoms with Gasteiger partial charge in [0.25, 0.3) is 5.91 Å². The zero-order valence-corrected chi connectivity index (χ0v) is 12.0. The highest BCUT2D eigenvalue weighted by Gasteiger charge is 2.31. The van der Waals surface area contributed by atoms with Crippen LogP contribution >= 0.6 is 11.3 Å². The van der Waals surface area contributed by atoms with E-state index in [0.29, 0.717) is 11.2 Å². The summed E-state index contributed by atoms with van der Waals surface area (Å²) in [5.74, 6) is -0.412. The molecular formula is C14H13F3N2OS. The third-order valence-corrected chi connectivity index (χ3v) is 4.00. The predicted octanol–water partition coefficient (Wildman–Crippen LogP) is 3.81. The van der Waals surface area contributed by atoms with Crippen LogP contribution in [0.25, 0.3) is 10.1 Å². The largest absolute Gasteiger partial charge is 0.416 e. The number of carbonyl (C=O) groups excluding carboxylic acids is 1. The van der Waals surface area contributed by atoms with Crippen LogP contribution in [-0.2, 0) is 6.18 Å². The number of alkyl halides is 3. The monoisotopic (exact) mass is 314 g/mol. The molecule has 2 aromatic rings. The molecule has 7 heteroatoms. The molecule has 1 aromatic carbocycles. The van der Waals surface area contributed by atoms with E-state index in [9.17, 15) is 18.0 Å². The van der Waals surface area contributed by atoms with Crippen molar-refractivity contribution in [3.63, 3.8) is 0 Å². The Bertz CT molecular complexity index is 719. The van der Waals surface area contributed by atoms with Crippen molar-refractivity contribution >= 4 is 33.0 Å². The lowest BCUT2D eigenvalue weighted by molar-refractivity contribution is -0.137. The first kappa shape index (κ1) is 15.4. The lowest BCUT2D eigenvalue weighted by Crippen LogP contribution is -2.24. The number of amides is 1. The van der Waals surface area contributed by atoms with E-state index in [-0.39, 0.29) is 16.0 Å². The number of anilines is 1. The number of hydrogen-bond acceptors (Lipinski definition) is 3. The number of benzene rings is 1. The van der Waals surface area contributed by atoms with Gasteiger partial charge in [-0.1, -0.05) is 12.2 Å². The van der Waals surface area contributed by atoms with Crippen molar-refractivity contribution in [3.05, 3.63) is 40.8 Å². The highest BCUT2D eigenvalue weighted by Crippen LogP contribution is 2.38. The van der Waals surface area contributed by atoms with Crippen LogP contribution in [0.1, 0.15) is 22.2 Å². The minimum Gasteiger partial charge on any atom is -0.397 e. The molecule has 0 saturated heterocycles. The van der Waals surface area contributed by atoms with E-state index in [4.69, 9.17) is 5.73 Å². The van der Waals surface area contributed by atoms with Crippen LogP contribution in [-0.4, -0.2) is 12.5 Å². The molecule has 0 unspecified atom stereocenters. The number of hydrogen-bond donors (Lipinski definition) is 2. The Morgan fingerprint density at radius 1 is 1.43 bits per heavy atom. The first-order valence-corrected chi connectivity index (χ1v) is 6.83. The Morgan fingerprint density at radius 3 is 2.67 bits per heavy atom. The normalized spacial score (nSPS) is 11.6. The minimum atomic E-state index is -4.44.